The molecule has 0 aliphatic carbocycles. The fourth-order valence-electron chi connectivity index (χ4n) is 2.14. The quantitative estimate of drug-likeness (QED) is 0.865. The minimum absolute atomic E-state index is 0.325. The van der Waals surface area contributed by atoms with Gasteiger partial charge in [0.25, 0.3) is 0 Å². The molecule has 3 heteroatoms. The molecule has 0 fully saturated rings. The molecule has 2 nitrogen and oxygen atoms in total. The van der Waals surface area contributed by atoms with Crippen molar-refractivity contribution in [2.45, 2.75) is 26.0 Å². The van der Waals surface area contributed by atoms with Gasteiger partial charge < -0.3 is 10.0 Å². The van der Waals surface area contributed by atoms with E-state index in [1.54, 1.807) is 0 Å². The van der Waals surface area contributed by atoms with E-state index >= 15 is 0 Å². The number of hydrogen-bond donors (Lipinski definition) is 1. The monoisotopic (exact) mass is 289 g/mol. The molecule has 0 spiro atoms. The average Bonchev–Trinajstić information content (AvgIpc) is 2.47. The summed E-state index contributed by atoms with van der Waals surface area (Å²) in [7, 11) is 0. The number of halogens is 1. The number of benzene rings is 2. The van der Waals surface area contributed by atoms with E-state index in [2.05, 4.69) is 23.1 Å². The van der Waals surface area contributed by atoms with Crippen LogP contribution in [0.15, 0.2) is 54.6 Å². The number of aliphatic hydroxyl groups excluding tert-OH is 1. The molecular weight excluding hydrogens is 270 g/mol. The van der Waals surface area contributed by atoms with E-state index in [9.17, 15) is 5.11 Å². The third-order valence-electron chi connectivity index (χ3n) is 3.29. The van der Waals surface area contributed by atoms with Gasteiger partial charge in [0.15, 0.2) is 0 Å². The number of nitrogens with zero attached hydrogens (tertiary/aromatic N) is 1. The molecule has 0 bridgehead atoms. The Morgan fingerprint density at radius 2 is 1.85 bits per heavy atom. The highest BCUT2D eigenvalue weighted by Crippen LogP contribution is 2.19. The van der Waals surface area contributed by atoms with Crippen LogP contribution in [0.3, 0.4) is 0 Å². The molecule has 0 saturated carbocycles. The number of aliphatic hydroxyl groups is 1. The van der Waals surface area contributed by atoms with Crippen LogP contribution in [0.2, 0.25) is 5.02 Å². The summed E-state index contributed by atoms with van der Waals surface area (Å²) in [5.74, 6) is 0. The van der Waals surface area contributed by atoms with Gasteiger partial charge in [0.2, 0.25) is 0 Å². The van der Waals surface area contributed by atoms with Crippen molar-refractivity contribution in [3.63, 3.8) is 0 Å². The van der Waals surface area contributed by atoms with Gasteiger partial charge in [-0.1, -0.05) is 48.9 Å². The van der Waals surface area contributed by atoms with Crippen molar-refractivity contribution in [1.82, 2.24) is 0 Å². The van der Waals surface area contributed by atoms with Crippen molar-refractivity contribution in [3.05, 3.63) is 65.2 Å². The smallest absolute Gasteiger partial charge is 0.0712 e. The van der Waals surface area contributed by atoms with Crippen LogP contribution in [-0.2, 0) is 6.54 Å². The van der Waals surface area contributed by atoms with Gasteiger partial charge >= 0.3 is 0 Å². The second-order valence-corrected chi connectivity index (χ2v) is 5.34. The topological polar surface area (TPSA) is 23.5 Å². The first kappa shape index (κ1) is 14.9. The largest absolute Gasteiger partial charge is 0.391 e. The van der Waals surface area contributed by atoms with Crippen LogP contribution in [0.1, 0.15) is 18.9 Å². The maximum atomic E-state index is 9.95. The Balaban J connectivity index is 2.18. The normalized spacial score (nSPS) is 12.2. The summed E-state index contributed by atoms with van der Waals surface area (Å²) in [5.41, 5.74) is 2.25. The second-order valence-electron chi connectivity index (χ2n) is 4.91. The van der Waals surface area contributed by atoms with E-state index in [1.807, 2.05) is 43.3 Å². The highest BCUT2D eigenvalue weighted by Gasteiger charge is 2.11. The lowest BCUT2D eigenvalue weighted by Gasteiger charge is -2.27. The maximum absolute atomic E-state index is 9.95. The van der Waals surface area contributed by atoms with Gasteiger partial charge in [-0.3, -0.25) is 0 Å². The van der Waals surface area contributed by atoms with E-state index in [0.29, 0.717) is 6.54 Å². The van der Waals surface area contributed by atoms with Crippen molar-refractivity contribution in [2.75, 3.05) is 11.4 Å². The number of para-hydroxylation sites is 1. The zero-order valence-electron chi connectivity index (χ0n) is 11.7. The van der Waals surface area contributed by atoms with Gasteiger partial charge in [-0.05, 0) is 36.2 Å². The van der Waals surface area contributed by atoms with Crippen molar-refractivity contribution in [3.8, 4) is 0 Å². The highest BCUT2D eigenvalue weighted by molar-refractivity contribution is 6.30. The Kier molecular flexibility index (Phi) is 5.45. The van der Waals surface area contributed by atoms with Gasteiger partial charge in [-0.15, -0.1) is 0 Å². The molecule has 2 rings (SSSR count). The fraction of sp³-hybridized carbons (Fsp3) is 0.294. The van der Waals surface area contributed by atoms with Crippen molar-refractivity contribution in [1.29, 1.82) is 0 Å². The molecular formula is C17H20ClNO. The lowest BCUT2D eigenvalue weighted by atomic mass is 10.1. The van der Waals surface area contributed by atoms with Gasteiger partial charge in [0, 0.05) is 23.8 Å². The maximum Gasteiger partial charge on any atom is 0.0712 e. The Bertz CT molecular complexity index is 530. The standard InChI is InChI=1S/C17H20ClNO/c1-2-17(20)13-19(16-9-4-3-5-10-16)12-14-7-6-8-15(18)11-14/h3-11,17,20H,2,12-13H2,1H3. The third-order valence-corrected chi connectivity index (χ3v) is 3.52. The molecule has 1 unspecified atom stereocenters. The molecule has 0 saturated heterocycles. The summed E-state index contributed by atoms with van der Waals surface area (Å²) in [4.78, 5) is 2.18. The minimum Gasteiger partial charge on any atom is -0.391 e. The predicted molar refractivity (Wildman–Crippen MR) is 85.2 cm³/mol. The summed E-state index contributed by atoms with van der Waals surface area (Å²) in [6.45, 7) is 3.35. The number of anilines is 1. The Morgan fingerprint density at radius 3 is 2.50 bits per heavy atom. The summed E-state index contributed by atoms with van der Waals surface area (Å²) in [5, 5.41) is 10.7. The molecule has 0 aliphatic heterocycles. The van der Waals surface area contributed by atoms with Gasteiger partial charge in [0.1, 0.15) is 0 Å². The van der Waals surface area contributed by atoms with E-state index in [0.717, 1.165) is 29.2 Å². The summed E-state index contributed by atoms with van der Waals surface area (Å²) >= 11 is 6.04. The predicted octanol–water partition coefficient (Wildman–Crippen LogP) is 4.12. The highest BCUT2D eigenvalue weighted by atomic mass is 35.5. The molecule has 0 amide bonds. The molecule has 2 aromatic carbocycles. The number of hydrogen-bond acceptors (Lipinski definition) is 2. The minimum atomic E-state index is -0.325. The van der Waals surface area contributed by atoms with Gasteiger partial charge in [0.05, 0.1) is 6.10 Å². The van der Waals surface area contributed by atoms with Crippen LogP contribution < -0.4 is 4.90 Å². The molecule has 0 aliphatic rings. The molecule has 2 aromatic rings. The van der Waals surface area contributed by atoms with Crippen LogP contribution in [0, 0.1) is 0 Å². The van der Waals surface area contributed by atoms with E-state index in [4.69, 9.17) is 11.6 Å². The SMILES string of the molecule is CCC(O)CN(Cc1cccc(Cl)c1)c1ccccc1. The van der Waals surface area contributed by atoms with Crippen LogP contribution in [0.5, 0.6) is 0 Å². The zero-order chi connectivity index (χ0) is 14.4. The molecule has 0 heterocycles. The molecule has 0 aromatic heterocycles. The van der Waals surface area contributed by atoms with Crippen LogP contribution in [-0.4, -0.2) is 17.8 Å². The average molecular weight is 290 g/mol. The molecule has 20 heavy (non-hydrogen) atoms. The first-order valence-electron chi connectivity index (χ1n) is 6.91. The Hall–Kier alpha value is -1.51. The van der Waals surface area contributed by atoms with E-state index in [1.165, 1.54) is 0 Å². The van der Waals surface area contributed by atoms with Crippen LogP contribution in [0.25, 0.3) is 0 Å². The van der Waals surface area contributed by atoms with E-state index < -0.39 is 0 Å². The zero-order valence-corrected chi connectivity index (χ0v) is 12.4. The lowest BCUT2D eigenvalue weighted by Crippen LogP contribution is -2.31. The lowest BCUT2D eigenvalue weighted by molar-refractivity contribution is 0.175. The van der Waals surface area contributed by atoms with Gasteiger partial charge in [-0.2, -0.15) is 0 Å². The Morgan fingerprint density at radius 1 is 1.10 bits per heavy atom. The van der Waals surface area contributed by atoms with Crippen molar-refractivity contribution in [2.24, 2.45) is 0 Å². The third kappa shape index (κ3) is 4.26. The summed E-state index contributed by atoms with van der Waals surface area (Å²) < 4.78 is 0. The summed E-state index contributed by atoms with van der Waals surface area (Å²) in [6.07, 6.45) is 0.424. The Labute approximate surface area is 125 Å². The van der Waals surface area contributed by atoms with E-state index in [-0.39, 0.29) is 6.10 Å². The first-order chi connectivity index (χ1) is 9.69. The number of rotatable bonds is 6. The second kappa shape index (κ2) is 7.32. The van der Waals surface area contributed by atoms with Crippen molar-refractivity contribution < 1.29 is 5.11 Å². The fourth-order valence-corrected chi connectivity index (χ4v) is 2.35. The first-order valence-corrected chi connectivity index (χ1v) is 7.29. The van der Waals surface area contributed by atoms with Crippen molar-refractivity contribution >= 4 is 17.3 Å². The molecule has 1 N–H and O–H groups in total. The summed E-state index contributed by atoms with van der Waals surface area (Å²) in [6, 6.07) is 18.0. The van der Waals surface area contributed by atoms with Gasteiger partial charge in [-0.25, -0.2) is 0 Å². The van der Waals surface area contributed by atoms with Crippen LogP contribution in [0.4, 0.5) is 5.69 Å². The van der Waals surface area contributed by atoms with Crippen LogP contribution >= 0.6 is 11.6 Å². The molecule has 0 radical (unpaired) electrons. The molecule has 106 valence electrons. The molecule has 1 atom stereocenters.